The van der Waals surface area contributed by atoms with E-state index in [0.717, 1.165) is 6.54 Å². The van der Waals surface area contributed by atoms with E-state index in [0.29, 0.717) is 30.5 Å². The zero-order valence-corrected chi connectivity index (χ0v) is 11.3. The van der Waals surface area contributed by atoms with Gasteiger partial charge < -0.3 is 9.84 Å². The summed E-state index contributed by atoms with van der Waals surface area (Å²) < 4.78 is 5.71. The maximum absolute atomic E-state index is 11.5. The number of ketones is 1. The zero-order chi connectivity index (χ0) is 13.7. The molecule has 0 saturated heterocycles. The fourth-order valence-electron chi connectivity index (χ4n) is 2.20. The van der Waals surface area contributed by atoms with Gasteiger partial charge in [0.2, 0.25) is 0 Å². The Kier molecular flexibility index (Phi) is 4.93. The Morgan fingerprint density at radius 3 is 2.74 bits per heavy atom. The quantitative estimate of drug-likeness (QED) is 0.726. The molecule has 2 rings (SSSR count). The number of carbonyl (C=O) groups is 1. The van der Waals surface area contributed by atoms with E-state index in [9.17, 15) is 4.79 Å². The van der Waals surface area contributed by atoms with Gasteiger partial charge in [-0.25, -0.2) is 0 Å². The van der Waals surface area contributed by atoms with E-state index in [2.05, 4.69) is 4.90 Å². The van der Waals surface area contributed by atoms with Crippen molar-refractivity contribution < 1.29 is 14.6 Å². The fraction of sp³-hybridized carbons (Fsp3) is 0.533. The average Bonchev–Trinajstić information content (AvgIpc) is 3.22. The molecule has 1 saturated carbocycles. The lowest BCUT2D eigenvalue weighted by molar-refractivity contribution is 0.101. The van der Waals surface area contributed by atoms with Crippen molar-refractivity contribution in [2.24, 2.45) is 0 Å². The van der Waals surface area contributed by atoms with Gasteiger partial charge in [0, 0.05) is 19.1 Å². The van der Waals surface area contributed by atoms with Crippen molar-refractivity contribution in [3.05, 3.63) is 29.8 Å². The zero-order valence-electron chi connectivity index (χ0n) is 11.3. The summed E-state index contributed by atoms with van der Waals surface area (Å²) in [5, 5.41) is 9.02. The van der Waals surface area contributed by atoms with Crippen LogP contribution in [0.1, 0.15) is 30.1 Å². The van der Waals surface area contributed by atoms with Crippen molar-refractivity contribution in [1.29, 1.82) is 0 Å². The molecule has 19 heavy (non-hydrogen) atoms. The maximum atomic E-state index is 11.5. The molecule has 1 fully saturated rings. The van der Waals surface area contributed by atoms with Crippen LogP contribution in [0.5, 0.6) is 5.75 Å². The van der Waals surface area contributed by atoms with Crippen LogP contribution in [-0.4, -0.2) is 48.1 Å². The van der Waals surface area contributed by atoms with Gasteiger partial charge in [-0.2, -0.15) is 0 Å². The van der Waals surface area contributed by atoms with Crippen molar-refractivity contribution >= 4 is 5.78 Å². The van der Waals surface area contributed by atoms with Crippen LogP contribution in [0.25, 0.3) is 0 Å². The summed E-state index contributed by atoms with van der Waals surface area (Å²) in [4.78, 5) is 13.7. The molecule has 0 amide bonds. The molecule has 1 aromatic carbocycles. The molecule has 0 aliphatic heterocycles. The molecule has 4 nitrogen and oxygen atoms in total. The minimum Gasteiger partial charge on any atom is -0.491 e. The summed E-state index contributed by atoms with van der Waals surface area (Å²) in [7, 11) is 0. The molecule has 0 atom stereocenters. The van der Waals surface area contributed by atoms with Crippen LogP contribution in [-0.2, 0) is 0 Å². The number of aliphatic hydroxyl groups excluding tert-OH is 1. The first-order valence-electron chi connectivity index (χ1n) is 6.80. The highest BCUT2D eigenvalue weighted by Gasteiger charge is 2.28. The van der Waals surface area contributed by atoms with E-state index in [1.165, 1.54) is 12.8 Å². The molecule has 0 aromatic heterocycles. The number of Topliss-reactive ketones (excluding diaryl/α,β-unsaturated/α-hetero) is 1. The molecule has 1 aromatic rings. The van der Waals surface area contributed by atoms with Crippen LogP contribution in [0.4, 0.5) is 0 Å². The third kappa shape index (κ3) is 4.04. The van der Waals surface area contributed by atoms with Crippen LogP contribution >= 0.6 is 0 Å². The normalized spacial score (nSPS) is 14.7. The minimum absolute atomic E-state index is 0.0185. The number of carbonyl (C=O) groups excluding carboxylic acids is 1. The topological polar surface area (TPSA) is 49.8 Å². The number of benzene rings is 1. The molecule has 0 radical (unpaired) electrons. The molecule has 1 aliphatic rings. The second-order valence-electron chi connectivity index (χ2n) is 4.89. The Morgan fingerprint density at radius 1 is 1.37 bits per heavy atom. The van der Waals surface area contributed by atoms with Gasteiger partial charge in [0.1, 0.15) is 12.4 Å². The molecule has 1 N–H and O–H groups in total. The lowest BCUT2D eigenvalue weighted by atomic mass is 10.1. The summed E-state index contributed by atoms with van der Waals surface area (Å²) in [5.74, 6) is 0.666. The van der Waals surface area contributed by atoms with E-state index in [-0.39, 0.29) is 12.4 Å². The van der Waals surface area contributed by atoms with Crippen molar-refractivity contribution in [1.82, 2.24) is 4.90 Å². The second-order valence-corrected chi connectivity index (χ2v) is 4.89. The Morgan fingerprint density at radius 2 is 2.11 bits per heavy atom. The third-order valence-corrected chi connectivity index (χ3v) is 3.35. The second kappa shape index (κ2) is 6.68. The third-order valence-electron chi connectivity index (χ3n) is 3.35. The first-order valence-corrected chi connectivity index (χ1v) is 6.80. The summed E-state index contributed by atoms with van der Waals surface area (Å²) in [6, 6.07) is 7.92. The van der Waals surface area contributed by atoms with E-state index < -0.39 is 0 Å². The van der Waals surface area contributed by atoms with Gasteiger partial charge in [0.15, 0.2) is 5.78 Å². The van der Waals surface area contributed by atoms with Crippen molar-refractivity contribution in [2.45, 2.75) is 25.8 Å². The molecule has 0 unspecified atom stereocenters. The van der Waals surface area contributed by atoms with Gasteiger partial charge in [-0.3, -0.25) is 9.69 Å². The molecule has 1 aliphatic carbocycles. The summed E-state index contributed by atoms with van der Waals surface area (Å²) >= 11 is 0. The standard InChI is InChI=1S/C15H21NO3/c1-12(18)14-4-2-3-5-15(14)19-11-9-16(8-10-17)13-6-7-13/h2-5,13,17H,6-11H2,1H3. The maximum Gasteiger partial charge on any atom is 0.163 e. The lowest BCUT2D eigenvalue weighted by Crippen LogP contribution is -2.33. The van der Waals surface area contributed by atoms with E-state index in [1.807, 2.05) is 18.2 Å². The van der Waals surface area contributed by atoms with Gasteiger partial charge in [0.25, 0.3) is 0 Å². The fourth-order valence-corrected chi connectivity index (χ4v) is 2.20. The number of hydrogen-bond donors (Lipinski definition) is 1. The molecular weight excluding hydrogens is 242 g/mol. The minimum atomic E-state index is 0.0185. The first kappa shape index (κ1) is 14.0. The predicted octanol–water partition coefficient (Wildman–Crippen LogP) is 1.72. The number of aliphatic hydroxyl groups is 1. The van der Waals surface area contributed by atoms with Crippen LogP contribution in [0.2, 0.25) is 0 Å². The van der Waals surface area contributed by atoms with Gasteiger partial charge in [0.05, 0.1) is 12.2 Å². The number of nitrogens with zero attached hydrogens (tertiary/aromatic N) is 1. The van der Waals surface area contributed by atoms with E-state index in [4.69, 9.17) is 9.84 Å². The molecule has 4 heteroatoms. The molecule has 0 heterocycles. The van der Waals surface area contributed by atoms with Gasteiger partial charge in [-0.1, -0.05) is 12.1 Å². The van der Waals surface area contributed by atoms with E-state index in [1.54, 1.807) is 13.0 Å². The predicted molar refractivity (Wildman–Crippen MR) is 73.6 cm³/mol. The highest BCUT2D eigenvalue weighted by Crippen LogP contribution is 2.26. The van der Waals surface area contributed by atoms with Crippen LogP contribution in [0, 0.1) is 0 Å². The Labute approximate surface area is 114 Å². The number of ether oxygens (including phenoxy) is 1. The Bertz CT molecular complexity index is 429. The Hall–Kier alpha value is -1.39. The molecule has 0 spiro atoms. The van der Waals surface area contributed by atoms with Gasteiger partial charge in [-0.05, 0) is 31.9 Å². The van der Waals surface area contributed by atoms with Crippen LogP contribution < -0.4 is 4.74 Å². The van der Waals surface area contributed by atoms with Crippen molar-refractivity contribution in [3.63, 3.8) is 0 Å². The Balaban J connectivity index is 1.86. The number of hydrogen-bond acceptors (Lipinski definition) is 4. The summed E-state index contributed by atoms with van der Waals surface area (Å²) in [5.41, 5.74) is 0.627. The largest absolute Gasteiger partial charge is 0.491 e. The van der Waals surface area contributed by atoms with Crippen LogP contribution in [0.15, 0.2) is 24.3 Å². The van der Waals surface area contributed by atoms with Crippen LogP contribution in [0.3, 0.4) is 0 Å². The van der Waals surface area contributed by atoms with Gasteiger partial charge in [-0.15, -0.1) is 0 Å². The molecule has 0 bridgehead atoms. The van der Waals surface area contributed by atoms with Gasteiger partial charge >= 0.3 is 0 Å². The van der Waals surface area contributed by atoms with Crippen molar-refractivity contribution in [3.8, 4) is 5.75 Å². The smallest absolute Gasteiger partial charge is 0.163 e. The number of rotatable bonds is 8. The summed E-state index contributed by atoms with van der Waals surface area (Å²) in [6.07, 6.45) is 2.42. The van der Waals surface area contributed by atoms with E-state index >= 15 is 0 Å². The highest BCUT2D eigenvalue weighted by molar-refractivity contribution is 5.96. The van der Waals surface area contributed by atoms with Crippen molar-refractivity contribution in [2.75, 3.05) is 26.3 Å². The molecular formula is C15H21NO3. The SMILES string of the molecule is CC(=O)c1ccccc1OCCN(CCO)C1CC1. The molecule has 104 valence electrons. The number of para-hydroxylation sites is 1. The monoisotopic (exact) mass is 263 g/mol. The average molecular weight is 263 g/mol. The lowest BCUT2D eigenvalue weighted by Gasteiger charge is -2.21. The highest BCUT2D eigenvalue weighted by atomic mass is 16.5. The summed E-state index contributed by atoms with van der Waals surface area (Å²) in [6.45, 7) is 3.76. The first-order chi connectivity index (χ1) is 9.22.